The first-order valence-electron chi connectivity index (χ1n) is 21.2. The van der Waals surface area contributed by atoms with Crippen LogP contribution in [-0.4, -0.2) is 32.8 Å². The second-order valence-electron chi connectivity index (χ2n) is 14.9. The number of fused-ring (bicyclic) bond motifs is 7. The molecule has 10 rings (SSSR count). The molecule has 5 heterocycles. The van der Waals surface area contributed by atoms with Crippen molar-refractivity contribution in [3.63, 3.8) is 0 Å². The molecule has 9 heteroatoms. The molecule has 57 heavy (non-hydrogen) atoms. The summed E-state index contributed by atoms with van der Waals surface area (Å²) in [4.78, 5) is 15.2. The Balaban J connectivity index is 0.000000185. The largest absolute Gasteiger partial charge is 0 e. The van der Waals surface area contributed by atoms with Crippen LogP contribution in [0.1, 0.15) is 30.6 Å². The Morgan fingerprint density at radius 3 is 2.39 bits per heavy atom. The molecular formula is C48H39FGeIrN4OS-2. The molecule has 1 radical (unpaired) electrons. The van der Waals surface area contributed by atoms with E-state index in [1.165, 1.54) is 34.7 Å². The zero-order valence-electron chi connectivity index (χ0n) is 37.7. The minimum Gasteiger partial charge on any atom is 0 e. The monoisotopic (exact) mass is 1010 g/mol. The summed E-state index contributed by atoms with van der Waals surface area (Å²) < 4.78 is 70.8. The van der Waals surface area contributed by atoms with Crippen molar-refractivity contribution in [2.24, 2.45) is 0 Å². The summed E-state index contributed by atoms with van der Waals surface area (Å²) in [6.45, 7) is -0.793. The number of pyridine rings is 2. The fourth-order valence-electron chi connectivity index (χ4n) is 7.33. The van der Waals surface area contributed by atoms with Crippen LogP contribution in [0.5, 0.6) is 0 Å². The van der Waals surface area contributed by atoms with E-state index < -0.39 is 38.4 Å². The van der Waals surface area contributed by atoms with Gasteiger partial charge in [-0.1, -0.05) is 53.4 Å². The molecule has 0 N–H and O–H groups in total. The molecule has 0 spiro atoms. The molecule has 0 aliphatic carbocycles. The Labute approximate surface area is 359 Å². The second kappa shape index (κ2) is 15.1. The molecule has 5 nitrogen and oxygen atoms in total. The van der Waals surface area contributed by atoms with Gasteiger partial charge in [0, 0.05) is 36.6 Å². The summed E-state index contributed by atoms with van der Waals surface area (Å²) >= 11 is -0.813. The average molecular weight is 1010 g/mol. The Kier molecular flexibility index (Phi) is 8.47. The summed E-state index contributed by atoms with van der Waals surface area (Å²) in [5.41, 5.74) is 7.53. The fourth-order valence-corrected chi connectivity index (χ4v) is 11.3. The van der Waals surface area contributed by atoms with Gasteiger partial charge in [0.25, 0.3) is 0 Å². The van der Waals surface area contributed by atoms with Gasteiger partial charge in [0.05, 0.1) is 22.5 Å². The maximum absolute atomic E-state index is 14.7. The van der Waals surface area contributed by atoms with Gasteiger partial charge < -0.3 is 8.98 Å². The van der Waals surface area contributed by atoms with E-state index in [1.54, 1.807) is 11.3 Å². The Morgan fingerprint density at radius 1 is 0.789 bits per heavy atom. The van der Waals surface area contributed by atoms with Crippen LogP contribution in [0, 0.1) is 45.5 Å². The minimum absolute atomic E-state index is 0. The molecule has 0 saturated heterocycles. The number of furan rings is 1. The minimum atomic E-state index is -2.61. The van der Waals surface area contributed by atoms with Gasteiger partial charge in [-0.3, -0.25) is 4.98 Å². The van der Waals surface area contributed by atoms with Crippen LogP contribution in [0.25, 0.3) is 81.6 Å². The summed E-state index contributed by atoms with van der Waals surface area (Å²) in [5.74, 6) is 6.05. The normalized spacial score (nSPS) is 13.7. The van der Waals surface area contributed by atoms with Crippen LogP contribution >= 0.6 is 11.3 Å². The summed E-state index contributed by atoms with van der Waals surface area (Å²) in [7, 11) is 0. The van der Waals surface area contributed by atoms with Crippen molar-refractivity contribution in [2.45, 2.75) is 44.8 Å². The van der Waals surface area contributed by atoms with E-state index in [0.29, 0.717) is 0 Å². The van der Waals surface area contributed by atoms with Gasteiger partial charge in [-0.15, -0.1) is 18.2 Å². The first-order chi connectivity index (χ1) is 29.4. The van der Waals surface area contributed by atoms with Gasteiger partial charge in [0.1, 0.15) is 10.4 Å². The van der Waals surface area contributed by atoms with Gasteiger partial charge in [-0.05, 0) is 59.8 Å². The number of aromatic nitrogens is 4. The van der Waals surface area contributed by atoms with Crippen LogP contribution < -0.4 is 4.40 Å². The zero-order valence-corrected chi connectivity index (χ0v) is 37.0. The van der Waals surface area contributed by atoms with E-state index in [4.69, 9.17) is 22.6 Å². The van der Waals surface area contributed by atoms with Gasteiger partial charge in [0.2, 0.25) is 0 Å². The number of halogens is 1. The number of thiophene rings is 1. The number of nitrogens with zero attached hydrogens (tertiary/aromatic N) is 4. The topological polar surface area (TPSA) is 56.7 Å². The van der Waals surface area contributed by atoms with E-state index in [2.05, 4.69) is 89.3 Å². The predicted octanol–water partition coefficient (Wildman–Crippen LogP) is 12.6. The molecule has 0 fully saturated rings. The number of imidazole rings is 1. The Morgan fingerprint density at radius 2 is 1.56 bits per heavy atom. The summed E-state index contributed by atoms with van der Waals surface area (Å²) in [5, 5.41) is 4.61. The maximum Gasteiger partial charge on any atom is 0 e. The van der Waals surface area contributed by atoms with Crippen molar-refractivity contribution in [2.75, 3.05) is 0 Å². The molecule has 10 aromatic rings. The molecule has 0 bridgehead atoms. The number of para-hydroxylation sites is 3. The van der Waals surface area contributed by atoms with Gasteiger partial charge in [-0.25, -0.2) is 4.98 Å². The molecular weight excluding hydrogens is 964 g/mol. The zero-order chi connectivity index (χ0) is 43.9. The third-order valence-corrected chi connectivity index (χ3v) is 15.4. The molecule has 5 aromatic carbocycles. The van der Waals surface area contributed by atoms with Crippen molar-refractivity contribution in [1.29, 1.82) is 0 Å². The SMILES string of the molecule is Cc1ccc2c(n1)sc1c(-c3nc4ccccc4n3-c3ccc(C)c4c3oc3ccccc34)[c-]ccc12.[2H]C([2H])([2H])c1cc(-c2[c-]ccc(C([2H])([2H])[2H])c2F)nc[c]1[Ge]([CH3])([CH3])[CH3].[Ir]. The van der Waals surface area contributed by atoms with Crippen LogP contribution in [0.4, 0.5) is 4.39 Å². The quantitative estimate of drug-likeness (QED) is 0.130. The van der Waals surface area contributed by atoms with Crippen LogP contribution in [0.15, 0.2) is 114 Å². The van der Waals surface area contributed by atoms with E-state index in [-0.39, 0.29) is 36.9 Å². The Bertz CT molecular complexity index is 3390. The third-order valence-electron chi connectivity index (χ3n) is 10.1. The van der Waals surface area contributed by atoms with Crippen molar-refractivity contribution >= 4 is 82.3 Å². The van der Waals surface area contributed by atoms with Gasteiger partial charge in [0.15, 0.2) is 5.58 Å². The molecule has 0 aliphatic heterocycles. The number of aryl methyl sites for hydroxylation is 4. The van der Waals surface area contributed by atoms with Crippen LogP contribution in [0.3, 0.4) is 0 Å². The van der Waals surface area contributed by atoms with Gasteiger partial charge in [-0.2, -0.15) is 11.3 Å². The molecule has 5 aromatic heterocycles. The fraction of sp³-hybridized carbons (Fsp3) is 0.146. The predicted molar refractivity (Wildman–Crippen MR) is 234 cm³/mol. The van der Waals surface area contributed by atoms with E-state index >= 15 is 0 Å². The van der Waals surface area contributed by atoms with Crippen molar-refractivity contribution < 1.29 is 37.1 Å². The number of hydrogen-bond donors (Lipinski definition) is 0. The van der Waals surface area contributed by atoms with Gasteiger partial charge >= 0.3 is 125 Å². The average Bonchev–Trinajstić information content (AvgIpc) is 3.92. The molecule has 285 valence electrons. The molecule has 0 amide bonds. The Hall–Kier alpha value is -4.99. The van der Waals surface area contributed by atoms with Crippen LogP contribution in [0.2, 0.25) is 17.3 Å². The summed E-state index contributed by atoms with van der Waals surface area (Å²) in [6, 6.07) is 39.2. The number of benzene rings is 5. The smallest absolute Gasteiger partial charge is 0 e. The second-order valence-corrected chi connectivity index (χ2v) is 26.5. The standard InChI is InChI=1S/C32H20N3OS.C16H19FGeN.Ir/c1-18-14-17-26(29-28(18)22-8-3-6-13-27(22)36-29)35-25-12-5-4-11-24(25)34-31(35)23-10-7-9-20-21-16-15-19(2)33-32(21)37-30(20)23;1-11-7-6-8-13(16(11)17)15-9-12(2)14(10-19-15)18(3,4)5;/h3-9,11-17H,1-2H3;6-7,9-10H,1-5H3;/q2*-1;/i;1D3,2D3;. The van der Waals surface area contributed by atoms with E-state index in [9.17, 15) is 4.39 Å². The van der Waals surface area contributed by atoms with Crippen molar-refractivity contribution in [3.05, 3.63) is 150 Å². The van der Waals surface area contributed by atoms with Crippen molar-refractivity contribution in [1.82, 2.24) is 19.5 Å². The molecule has 0 atom stereocenters. The molecule has 0 aliphatic rings. The number of hydrogen-bond acceptors (Lipinski definition) is 5. The maximum atomic E-state index is 14.7. The van der Waals surface area contributed by atoms with Crippen LogP contribution in [-0.2, 0) is 20.1 Å². The van der Waals surface area contributed by atoms with E-state index in [1.807, 2.05) is 48.5 Å². The third kappa shape index (κ3) is 6.82. The summed E-state index contributed by atoms with van der Waals surface area (Å²) in [6.07, 6.45) is 1.49. The molecule has 0 saturated carbocycles. The molecule has 0 unspecified atom stereocenters. The van der Waals surface area contributed by atoms with E-state index in [0.717, 1.165) is 75.7 Å². The first kappa shape index (κ1) is 32.0. The first-order valence-corrected chi connectivity index (χ1v) is 26.4. The van der Waals surface area contributed by atoms with Crippen molar-refractivity contribution in [3.8, 4) is 28.3 Å². The number of rotatable bonds is 4.